The van der Waals surface area contributed by atoms with Gasteiger partial charge in [0.25, 0.3) is 0 Å². The van der Waals surface area contributed by atoms with Gasteiger partial charge in [-0.3, -0.25) is 4.79 Å². The molecule has 0 fully saturated rings. The highest BCUT2D eigenvalue weighted by Crippen LogP contribution is 2.42. The van der Waals surface area contributed by atoms with Crippen molar-refractivity contribution < 1.29 is 19.4 Å². The van der Waals surface area contributed by atoms with Crippen LogP contribution in [0.4, 0.5) is 0 Å². The maximum atomic E-state index is 10.7. The first kappa shape index (κ1) is 11.2. The molecule has 0 amide bonds. The van der Waals surface area contributed by atoms with Gasteiger partial charge in [-0.1, -0.05) is 13.8 Å². The number of carboxylic acids is 1. The molecule has 4 nitrogen and oxygen atoms in total. The summed E-state index contributed by atoms with van der Waals surface area (Å²) >= 11 is 0. The lowest BCUT2D eigenvalue weighted by Gasteiger charge is -2.19. The number of furan rings is 1. The number of aliphatic hydroxyl groups is 1. The standard InChI is InChI=1S/C12H16O4/c1-7(2)9-5-8-3-4-12(15,6-10(13)14)11(8)16-9/h5,7,15H,3-4,6H2,1-2H3,(H,13,14). The molecule has 2 N–H and O–H groups in total. The number of fused-ring (bicyclic) bond motifs is 1. The second-order valence-corrected chi connectivity index (χ2v) is 4.76. The third kappa shape index (κ3) is 1.73. The number of carbonyl (C=O) groups is 1. The first-order chi connectivity index (χ1) is 7.42. The van der Waals surface area contributed by atoms with Crippen LogP contribution in [0.25, 0.3) is 0 Å². The average molecular weight is 224 g/mol. The molecule has 1 aliphatic carbocycles. The number of hydrogen-bond acceptors (Lipinski definition) is 3. The highest BCUT2D eigenvalue weighted by atomic mass is 16.4. The van der Waals surface area contributed by atoms with Crippen molar-refractivity contribution in [3.63, 3.8) is 0 Å². The van der Waals surface area contributed by atoms with Gasteiger partial charge in [0, 0.05) is 5.92 Å². The van der Waals surface area contributed by atoms with Crippen LogP contribution >= 0.6 is 0 Å². The topological polar surface area (TPSA) is 70.7 Å². The molecule has 1 aromatic heterocycles. The van der Waals surface area contributed by atoms with Crippen molar-refractivity contribution in [3.8, 4) is 0 Å². The van der Waals surface area contributed by atoms with Crippen LogP contribution in [0.3, 0.4) is 0 Å². The lowest BCUT2D eigenvalue weighted by Crippen LogP contribution is -2.25. The maximum Gasteiger partial charge on any atom is 0.306 e. The number of rotatable bonds is 3. The number of hydrogen-bond donors (Lipinski definition) is 2. The summed E-state index contributed by atoms with van der Waals surface area (Å²) < 4.78 is 5.59. The number of carboxylic acid groups (broad SMARTS) is 1. The minimum atomic E-state index is -1.31. The van der Waals surface area contributed by atoms with E-state index in [1.807, 2.05) is 19.9 Å². The predicted molar refractivity (Wildman–Crippen MR) is 57.3 cm³/mol. The van der Waals surface area contributed by atoms with Crippen LogP contribution in [-0.2, 0) is 16.8 Å². The molecule has 0 aliphatic heterocycles. The van der Waals surface area contributed by atoms with Crippen LogP contribution < -0.4 is 0 Å². The SMILES string of the molecule is CC(C)c1cc2c(o1)C(O)(CC(=O)O)CC2. The van der Waals surface area contributed by atoms with E-state index in [0.29, 0.717) is 18.6 Å². The van der Waals surface area contributed by atoms with E-state index in [2.05, 4.69) is 0 Å². The van der Waals surface area contributed by atoms with Crippen LogP contribution in [0.15, 0.2) is 10.5 Å². The summed E-state index contributed by atoms with van der Waals surface area (Å²) in [5.41, 5.74) is -0.360. The third-order valence-electron chi connectivity index (χ3n) is 3.07. The molecule has 0 saturated carbocycles. The second-order valence-electron chi connectivity index (χ2n) is 4.76. The summed E-state index contributed by atoms with van der Waals surface area (Å²) in [7, 11) is 0. The van der Waals surface area contributed by atoms with E-state index < -0.39 is 11.6 Å². The highest BCUT2D eigenvalue weighted by molar-refractivity contribution is 5.68. The van der Waals surface area contributed by atoms with Crippen LogP contribution in [-0.4, -0.2) is 16.2 Å². The van der Waals surface area contributed by atoms with Gasteiger partial charge in [-0.15, -0.1) is 0 Å². The lowest BCUT2D eigenvalue weighted by molar-refractivity contribution is -0.143. The highest BCUT2D eigenvalue weighted by Gasteiger charge is 2.42. The van der Waals surface area contributed by atoms with E-state index in [9.17, 15) is 9.90 Å². The van der Waals surface area contributed by atoms with E-state index in [-0.39, 0.29) is 12.3 Å². The summed E-state index contributed by atoms with van der Waals surface area (Å²) in [6.07, 6.45) is 0.840. The van der Waals surface area contributed by atoms with Crippen molar-refractivity contribution in [2.45, 2.75) is 44.6 Å². The van der Waals surface area contributed by atoms with Gasteiger partial charge >= 0.3 is 5.97 Å². The van der Waals surface area contributed by atoms with Crippen molar-refractivity contribution in [1.29, 1.82) is 0 Å². The molecule has 1 heterocycles. The van der Waals surface area contributed by atoms with Crippen molar-refractivity contribution >= 4 is 5.97 Å². The Morgan fingerprint density at radius 3 is 2.88 bits per heavy atom. The summed E-state index contributed by atoms with van der Waals surface area (Å²) in [4.78, 5) is 10.7. The predicted octanol–water partition coefficient (Wildman–Crippen LogP) is 2.01. The zero-order valence-electron chi connectivity index (χ0n) is 9.49. The van der Waals surface area contributed by atoms with E-state index >= 15 is 0 Å². The molecule has 2 rings (SSSR count). The van der Waals surface area contributed by atoms with Gasteiger partial charge in [0.15, 0.2) is 0 Å². The number of aryl methyl sites for hydroxylation is 1. The summed E-state index contributed by atoms with van der Waals surface area (Å²) in [6, 6.07) is 1.93. The normalized spacial score (nSPS) is 23.8. The maximum absolute atomic E-state index is 10.7. The molecule has 88 valence electrons. The fourth-order valence-electron chi connectivity index (χ4n) is 2.19. The molecule has 4 heteroatoms. The van der Waals surface area contributed by atoms with E-state index in [1.54, 1.807) is 0 Å². The zero-order chi connectivity index (χ0) is 11.9. The van der Waals surface area contributed by atoms with Crippen LogP contribution in [0.5, 0.6) is 0 Å². The Kier molecular flexibility index (Phi) is 2.54. The summed E-state index contributed by atoms with van der Waals surface area (Å²) in [5, 5.41) is 19.0. The molecule has 0 saturated heterocycles. The monoisotopic (exact) mass is 224 g/mol. The smallest absolute Gasteiger partial charge is 0.306 e. The molecular weight excluding hydrogens is 208 g/mol. The minimum Gasteiger partial charge on any atom is -0.481 e. The molecule has 1 atom stereocenters. The Hall–Kier alpha value is -1.29. The Bertz CT molecular complexity index is 419. The first-order valence-electron chi connectivity index (χ1n) is 5.49. The lowest BCUT2D eigenvalue weighted by atomic mass is 9.98. The molecule has 0 bridgehead atoms. The fourth-order valence-corrected chi connectivity index (χ4v) is 2.19. The molecule has 0 radical (unpaired) electrons. The van der Waals surface area contributed by atoms with Gasteiger partial charge in [0.2, 0.25) is 0 Å². The van der Waals surface area contributed by atoms with Gasteiger partial charge < -0.3 is 14.6 Å². The molecule has 1 aromatic rings. The quantitative estimate of drug-likeness (QED) is 0.823. The van der Waals surface area contributed by atoms with Crippen LogP contribution in [0.2, 0.25) is 0 Å². The van der Waals surface area contributed by atoms with Crippen molar-refractivity contribution in [3.05, 3.63) is 23.2 Å². The molecule has 0 aromatic carbocycles. The van der Waals surface area contributed by atoms with Crippen LogP contribution in [0.1, 0.15) is 49.7 Å². The van der Waals surface area contributed by atoms with E-state index in [0.717, 1.165) is 11.3 Å². The van der Waals surface area contributed by atoms with E-state index in [4.69, 9.17) is 9.52 Å². The molecule has 0 spiro atoms. The summed E-state index contributed by atoms with van der Waals surface area (Å²) in [6.45, 7) is 4.01. The van der Waals surface area contributed by atoms with Gasteiger partial charge in [0.1, 0.15) is 17.1 Å². The van der Waals surface area contributed by atoms with E-state index in [1.165, 1.54) is 0 Å². The molecule has 1 unspecified atom stereocenters. The third-order valence-corrected chi connectivity index (χ3v) is 3.07. The van der Waals surface area contributed by atoms with Crippen LogP contribution in [0, 0.1) is 0 Å². The Balaban J connectivity index is 2.34. The minimum absolute atomic E-state index is 0.250. The van der Waals surface area contributed by atoms with Crippen molar-refractivity contribution in [2.75, 3.05) is 0 Å². The largest absolute Gasteiger partial charge is 0.481 e. The average Bonchev–Trinajstić information content (AvgIpc) is 2.67. The van der Waals surface area contributed by atoms with Crippen molar-refractivity contribution in [1.82, 2.24) is 0 Å². The molecule has 16 heavy (non-hydrogen) atoms. The van der Waals surface area contributed by atoms with Gasteiger partial charge in [-0.25, -0.2) is 0 Å². The number of aliphatic carboxylic acids is 1. The first-order valence-corrected chi connectivity index (χ1v) is 5.49. The van der Waals surface area contributed by atoms with Gasteiger partial charge in [-0.2, -0.15) is 0 Å². The fraction of sp³-hybridized carbons (Fsp3) is 0.583. The second kappa shape index (κ2) is 3.63. The molecular formula is C12H16O4. The Labute approximate surface area is 93.9 Å². The van der Waals surface area contributed by atoms with Gasteiger partial charge in [-0.05, 0) is 24.5 Å². The van der Waals surface area contributed by atoms with Gasteiger partial charge in [0.05, 0.1) is 6.42 Å². The Morgan fingerprint density at radius 2 is 2.31 bits per heavy atom. The Morgan fingerprint density at radius 1 is 1.62 bits per heavy atom. The zero-order valence-corrected chi connectivity index (χ0v) is 9.49. The van der Waals surface area contributed by atoms with Crippen molar-refractivity contribution in [2.24, 2.45) is 0 Å². The summed E-state index contributed by atoms with van der Waals surface area (Å²) in [5.74, 6) is 0.518. The molecule has 1 aliphatic rings.